The van der Waals surface area contributed by atoms with Crippen molar-refractivity contribution in [3.05, 3.63) is 196 Å². The second kappa shape index (κ2) is 15.3. The number of hydrogen-bond donors (Lipinski definition) is 0. The minimum atomic E-state index is -0.526. The summed E-state index contributed by atoms with van der Waals surface area (Å²) in [5.74, 6) is 3.44. The molecular formula is C44H38O5. The molecule has 0 N–H and O–H groups in total. The molecule has 0 radical (unpaired) electrons. The maximum absolute atomic E-state index is 6.81. The molecule has 0 fully saturated rings. The van der Waals surface area contributed by atoms with E-state index < -0.39 is 6.10 Å². The van der Waals surface area contributed by atoms with Crippen LogP contribution >= 0.6 is 0 Å². The van der Waals surface area contributed by atoms with Crippen LogP contribution in [0.3, 0.4) is 0 Å². The van der Waals surface area contributed by atoms with Gasteiger partial charge in [0.25, 0.3) is 0 Å². The van der Waals surface area contributed by atoms with E-state index in [1.165, 1.54) is 0 Å². The third-order valence-corrected chi connectivity index (χ3v) is 8.27. The average Bonchev–Trinajstić information content (AvgIpc) is 3.16. The molecule has 0 saturated carbocycles. The molecule has 1 heterocycles. The summed E-state index contributed by atoms with van der Waals surface area (Å²) in [4.78, 5) is 0. The molecule has 7 rings (SSSR count). The largest absolute Gasteiger partial charge is 0.489 e. The normalized spacial score (nSPS) is 13.4. The van der Waals surface area contributed by atoms with Crippen molar-refractivity contribution < 1.29 is 23.7 Å². The Morgan fingerprint density at radius 2 is 0.939 bits per heavy atom. The summed E-state index contributed by atoms with van der Waals surface area (Å²) in [5, 5.41) is 0. The molecule has 1 atom stereocenters. The van der Waals surface area contributed by atoms with Crippen LogP contribution in [0, 0.1) is 6.92 Å². The van der Waals surface area contributed by atoms with Crippen LogP contribution in [0.25, 0.3) is 6.08 Å². The van der Waals surface area contributed by atoms with Gasteiger partial charge in [0.15, 0.2) is 17.6 Å². The van der Waals surface area contributed by atoms with Gasteiger partial charge in [0, 0.05) is 5.56 Å². The van der Waals surface area contributed by atoms with Gasteiger partial charge in [0.2, 0.25) is 0 Å². The van der Waals surface area contributed by atoms with Crippen molar-refractivity contribution in [2.75, 3.05) is 0 Å². The summed E-state index contributed by atoms with van der Waals surface area (Å²) >= 11 is 0. The number of ether oxygens (including phenoxy) is 5. The van der Waals surface area contributed by atoms with Crippen LogP contribution in [0.1, 0.15) is 45.0 Å². The van der Waals surface area contributed by atoms with E-state index in [-0.39, 0.29) is 0 Å². The van der Waals surface area contributed by atoms with Gasteiger partial charge < -0.3 is 23.7 Å². The highest BCUT2D eigenvalue weighted by Gasteiger charge is 2.29. The second-order valence-corrected chi connectivity index (χ2v) is 12.0. The molecule has 0 spiro atoms. The van der Waals surface area contributed by atoms with Crippen molar-refractivity contribution in [1.82, 2.24) is 0 Å². The topological polar surface area (TPSA) is 46.2 Å². The van der Waals surface area contributed by atoms with Crippen LogP contribution in [-0.4, -0.2) is 0 Å². The molecule has 0 amide bonds. The monoisotopic (exact) mass is 646 g/mol. The van der Waals surface area contributed by atoms with Crippen molar-refractivity contribution in [2.45, 2.75) is 39.5 Å². The van der Waals surface area contributed by atoms with Crippen molar-refractivity contribution in [3.8, 4) is 23.0 Å². The van der Waals surface area contributed by atoms with Gasteiger partial charge in [0.1, 0.15) is 43.7 Å². The summed E-state index contributed by atoms with van der Waals surface area (Å²) in [5.41, 5.74) is 7.07. The van der Waals surface area contributed by atoms with Gasteiger partial charge in [-0.2, -0.15) is 0 Å². The Morgan fingerprint density at radius 3 is 1.47 bits per heavy atom. The lowest BCUT2D eigenvalue weighted by Crippen LogP contribution is -2.18. The molecule has 0 unspecified atom stereocenters. The average molecular weight is 647 g/mol. The van der Waals surface area contributed by atoms with E-state index in [2.05, 4.69) is 30.3 Å². The zero-order chi connectivity index (χ0) is 33.3. The van der Waals surface area contributed by atoms with Gasteiger partial charge in [-0.3, -0.25) is 0 Å². The van der Waals surface area contributed by atoms with Gasteiger partial charge in [-0.05, 0) is 65.1 Å². The Bertz CT molecular complexity index is 1990. The number of rotatable bonds is 13. The van der Waals surface area contributed by atoms with Crippen LogP contribution in [0.2, 0.25) is 0 Å². The molecule has 5 nitrogen and oxygen atoms in total. The lowest BCUT2D eigenvalue weighted by molar-refractivity contribution is 0.106. The highest BCUT2D eigenvalue weighted by Crippen LogP contribution is 2.44. The smallest absolute Gasteiger partial charge is 0.181 e. The zero-order valence-electron chi connectivity index (χ0n) is 27.5. The van der Waals surface area contributed by atoms with E-state index >= 15 is 0 Å². The molecule has 0 saturated heterocycles. The number of hydrogen-bond acceptors (Lipinski definition) is 5. The third kappa shape index (κ3) is 8.14. The molecule has 6 aromatic rings. The fraction of sp³-hybridized carbons (Fsp3) is 0.136. The van der Waals surface area contributed by atoms with Gasteiger partial charge >= 0.3 is 0 Å². The second-order valence-electron chi connectivity index (χ2n) is 12.0. The molecule has 6 aromatic carbocycles. The van der Waals surface area contributed by atoms with E-state index in [0.29, 0.717) is 43.7 Å². The Balaban J connectivity index is 1.22. The maximum Gasteiger partial charge on any atom is 0.181 e. The summed E-state index contributed by atoms with van der Waals surface area (Å²) in [7, 11) is 0. The minimum absolute atomic E-state index is 0.392. The van der Waals surface area contributed by atoms with E-state index in [9.17, 15) is 0 Å². The Hall–Kier alpha value is -5.94. The van der Waals surface area contributed by atoms with Crippen LogP contribution < -0.4 is 18.9 Å². The molecule has 0 aliphatic carbocycles. The first kappa shape index (κ1) is 31.6. The zero-order valence-corrected chi connectivity index (χ0v) is 27.5. The van der Waals surface area contributed by atoms with E-state index in [1.807, 2.05) is 134 Å². The Kier molecular flexibility index (Phi) is 9.89. The van der Waals surface area contributed by atoms with E-state index in [4.69, 9.17) is 23.7 Å². The summed E-state index contributed by atoms with van der Waals surface area (Å²) in [6, 6.07) is 50.6. The van der Waals surface area contributed by atoms with Crippen LogP contribution in [0.15, 0.2) is 157 Å². The highest BCUT2D eigenvalue weighted by molar-refractivity contribution is 5.69. The maximum atomic E-state index is 6.81. The predicted molar refractivity (Wildman–Crippen MR) is 193 cm³/mol. The number of fused-ring (bicyclic) bond motifs is 1. The first-order valence-electron chi connectivity index (χ1n) is 16.5. The van der Waals surface area contributed by atoms with E-state index in [0.717, 1.165) is 50.4 Å². The van der Waals surface area contributed by atoms with Crippen molar-refractivity contribution >= 4 is 6.08 Å². The van der Waals surface area contributed by atoms with Gasteiger partial charge in [-0.1, -0.05) is 127 Å². The molecule has 1 aliphatic rings. The standard InChI is InChI=1S/C44H38O5/c1-32-24-40(46-29-34-16-8-3-9-17-34)38-27-43(48-31-36-20-12-5-13-21-36)44(49-41(38)25-32)37-22-23-39(45-28-33-14-6-2-7-15-33)42(26-37)47-30-35-18-10-4-11-19-35/h2-27,44H,28-31H2,1H3/t44-/m1/s1. The molecule has 1 aliphatic heterocycles. The Labute approximate surface area is 288 Å². The van der Waals surface area contributed by atoms with Gasteiger partial charge in [-0.15, -0.1) is 0 Å². The highest BCUT2D eigenvalue weighted by atomic mass is 16.5. The predicted octanol–water partition coefficient (Wildman–Crippen LogP) is 10.4. The quantitative estimate of drug-likeness (QED) is 0.125. The minimum Gasteiger partial charge on any atom is -0.489 e. The van der Waals surface area contributed by atoms with Crippen LogP contribution in [0.5, 0.6) is 23.0 Å². The molecular weight excluding hydrogens is 608 g/mol. The van der Waals surface area contributed by atoms with Gasteiger partial charge in [-0.25, -0.2) is 0 Å². The summed E-state index contributed by atoms with van der Waals surface area (Å²) in [6.45, 7) is 3.71. The molecule has 0 bridgehead atoms. The number of benzene rings is 6. The summed E-state index contributed by atoms with van der Waals surface area (Å²) in [6.07, 6.45) is 1.53. The molecule has 5 heteroatoms. The van der Waals surface area contributed by atoms with E-state index in [1.54, 1.807) is 0 Å². The van der Waals surface area contributed by atoms with Crippen LogP contribution in [-0.2, 0) is 31.2 Å². The van der Waals surface area contributed by atoms with Gasteiger partial charge in [0.05, 0.1) is 5.56 Å². The lowest BCUT2D eigenvalue weighted by atomic mass is 9.99. The number of aryl methyl sites for hydroxylation is 1. The lowest BCUT2D eigenvalue weighted by Gasteiger charge is -2.29. The van der Waals surface area contributed by atoms with Crippen molar-refractivity contribution in [3.63, 3.8) is 0 Å². The first-order valence-corrected chi connectivity index (χ1v) is 16.5. The fourth-order valence-electron chi connectivity index (χ4n) is 5.71. The van der Waals surface area contributed by atoms with Crippen molar-refractivity contribution in [2.24, 2.45) is 0 Å². The van der Waals surface area contributed by atoms with Crippen molar-refractivity contribution in [1.29, 1.82) is 0 Å². The fourth-order valence-corrected chi connectivity index (χ4v) is 5.71. The first-order chi connectivity index (χ1) is 24.2. The Morgan fingerprint density at radius 1 is 0.469 bits per heavy atom. The summed E-state index contributed by atoms with van der Waals surface area (Å²) < 4.78 is 32.5. The third-order valence-electron chi connectivity index (χ3n) is 8.27. The molecule has 244 valence electrons. The molecule has 49 heavy (non-hydrogen) atoms. The SMILES string of the molecule is Cc1cc(OCc2ccccc2)c2c(c1)O[C@H](c1ccc(OCc3ccccc3)c(OCc3ccccc3)c1)C(OCc1ccccc1)=C2. The molecule has 0 aromatic heterocycles. The van der Waals surface area contributed by atoms with Crippen LogP contribution in [0.4, 0.5) is 0 Å².